The van der Waals surface area contributed by atoms with Crippen molar-refractivity contribution < 1.29 is 0 Å². The van der Waals surface area contributed by atoms with E-state index in [-0.39, 0.29) is 6.04 Å². The SMILES string of the molecule is CSc1nc(N[C@H](C)c2ccccc2)c(C#N)c(-c2ccccc2)n1. The first-order valence-corrected chi connectivity index (χ1v) is 9.18. The van der Waals surface area contributed by atoms with Crippen molar-refractivity contribution in [2.24, 2.45) is 0 Å². The zero-order chi connectivity index (χ0) is 17.6. The van der Waals surface area contributed by atoms with E-state index >= 15 is 0 Å². The number of hydrogen-bond donors (Lipinski definition) is 1. The van der Waals surface area contributed by atoms with Crippen LogP contribution in [0.5, 0.6) is 0 Å². The van der Waals surface area contributed by atoms with Gasteiger partial charge in [0, 0.05) is 11.6 Å². The summed E-state index contributed by atoms with van der Waals surface area (Å²) in [6.07, 6.45) is 1.93. The average Bonchev–Trinajstić information content (AvgIpc) is 2.68. The highest BCUT2D eigenvalue weighted by molar-refractivity contribution is 7.98. The molecule has 0 amide bonds. The molecular formula is C20H18N4S. The van der Waals surface area contributed by atoms with Crippen LogP contribution in [0.25, 0.3) is 11.3 Å². The van der Waals surface area contributed by atoms with Crippen LogP contribution in [0.1, 0.15) is 24.1 Å². The summed E-state index contributed by atoms with van der Waals surface area (Å²) in [7, 11) is 0. The van der Waals surface area contributed by atoms with Crippen LogP contribution in [0.15, 0.2) is 65.8 Å². The average molecular weight is 346 g/mol. The molecule has 3 rings (SSSR count). The summed E-state index contributed by atoms with van der Waals surface area (Å²) in [4.78, 5) is 9.09. The lowest BCUT2D eigenvalue weighted by atomic mass is 10.1. The number of nitrogens with zero attached hydrogens (tertiary/aromatic N) is 3. The molecule has 0 bridgehead atoms. The highest BCUT2D eigenvalue weighted by atomic mass is 32.2. The molecule has 1 aromatic heterocycles. The Morgan fingerprint density at radius 3 is 2.24 bits per heavy atom. The van der Waals surface area contributed by atoms with Gasteiger partial charge < -0.3 is 5.32 Å². The lowest BCUT2D eigenvalue weighted by Crippen LogP contribution is -2.11. The molecule has 1 atom stereocenters. The van der Waals surface area contributed by atoms with Crippen molar-refractivity contribution in [1.82, 2.24) is 9.97 Å². The summed E-state index contributed by atoms with van der Waals surface area (Å²) >= 11 is 1.46. The molecule has 0 aliphatic carbocycles. The largest absolute Gasteiger partial charge is 0.362 e. The first-order valence-electron chi connectivity index (χ1n) is 7.96. The fourth-order valence-electron chi connectivity index (χ4n) is 2.58. The summed E-state index contributed by atoms with van der Waals surface area (Å²) in [6, 6.07) is 22.1. The second-order valence-corrected chi connectivity index (χ2v) is 6.31. The van der Waals surface area contributed by atoms with Gasteiger partial charge in [-0.15, -0.1) is 0 Å². The van der Waals surface area contributed by atoms with Gasteiger partial charge >= 0.3 is 0 Å². The normalized spacial score (nSPS) is 11.6. The minimum Gasteiger partial charge on any atom is -0.362 e. The molecule has 0 unspecified atom stereocenters. The quantitative estimate of drug-likeness (QED) is 0.525. The fraction of sp³-hybridized carbons (Fsp3) is 0.150. The van der Waals surface area contributed by atoms with Gasteiger partial charge in [0.25, 0.3) is 0 Å². The zero-order valence-electron chi connectivity index (χ0n) is 14.1. The van der Waals surface area contributed by atoms with Crippen LogP contribution in [0.4, 0.5) is 5.82 Å². The summed E-state index contributed by atoms with van der Waals surface area (Å²) in [6.45, 7) is 2.06. The van der Waals surface area contributed by atoms with E-state index in [0.717, 1.165) is 11.1 Å². The second kappa shape index (κ2) is 7.82. The fourth-order valence-corrected chi connectivity index (χ4v) is 2.94. The van der Waals surface area contributed by atoms with E-state index in [1.165, 1.54) is 11.8 Å². The molecule has 1 N–H and O–H groups in total. The first kappa shape index (κ1) is 17.0. The van der Waals surface area contributed by atoms with E-state index < -0.39 is 0 Å². The Balaban J connectivity index is 2.05. The highest BCUT2D eigenvalue weighted by Crippen LogP contribution is 2.30. The van der Waals surface area contributed by atoms with Gasteiger partial charge in [-0.3, -0.25) is 0 Å². The van der Waals surface area contributed by atoms with Gasteiger partial charge in [-0.1, -0.05) is 72.4 Å². The third-order valence-corrected chi connectivity index (χ3v) is 4.43. The van der Waals surface area contributed by atoms with Gasteiger partial charge in [0.15, 0.2) is 5.16 Å². The van der Waals surface area contributed by atoms with Crippen molar-refractivity contribution in [3.8, 4) is 17.3 Å². The minimum absolute atomic E-state index is 0.0292. The number of rotatable bonds is 5. The maximum absolute atomic E-state index is 9.73. The predicted molar refractivity (Wildman–Crippen MR) is 102 cm³/mol. The van der Waals surface area contributed by atoms with Crippen molar-refractivity contribution >= 4 is 17.6 Å². The molecule has 1 heterocycles. The van der Waals surface area contributed by atoms with Crippen molar-refractivity contribution in [2.45, 2.75) is 18.1 Å². The molecule has 0 fully saturated rings. The van der Waals surface area contributed by atoms with Crippen LogP contribution in [0.3, 0.4) is 0 Å². The van der Waals surface area contributed by atoms with E-state index in [9.17, 15) is 5.26 Å². The third-order valence-electron chi connectivity index (χ3n) is 3.88. The Hall–Kier alpha value is -2.84. The standard InChI is InChI=1S/C20H18N4S/c1-14(15-9-5-3-6-10-15)22-19-17(13-21)18(23-20(24-19)25-2)16-11-7-4-8-12-16/h3-12,14H,1-2H3,(H,22,23,24)/t14-/m1/s1. The summed E-state index contributed by atoms with van der Waals surface area (Å²) in [5.74, 6) is 0.567. The van der Waals surface area contributed by atoms with Crippen molar-refractivity contribution in [3.63, 3.8) is 0 Å². The number of nitriles is 1. The third kappa shape index (κ3) is 3.81. The van der Waals surface area contributed by atoms with Crippen LogP contribution in [0.2, 0.25) is 0 Å². The van der Waals surface area contributed by atoms with Crippen LogP contribution in [-0.2, 0) is 0 Å². The predicted octanol–water partition coefficient (Wildman–Crippen LogP) is 4.91. The lowest BCUT2D eigenvalue weighted by Gasteiger charge is -2.17. The number of thioether (sulfide) groups is 1. The first-order chi connectivity index (χ1) is 12.2. The summed E-state index contributed by atoms with van der Waals surface area (Å²) in [5, 5.41) is 13.7. The van der Waals surface area contributed by atoms with Crippen LogP contribution in [0, 0.1) is 11.3 Å². The molecule has 4 nitrogen and oxygen atoms in total. The smallest absolute Gasteiger partial charge is 0.189 e. The summed E-state index contributed by atoms with van der Waals surface area (Å²) < 4.78 is 0. The van der Waals surface area contributed by atoms with Crippen molar-refractivity contribution in [2.75, 3.05) is 11.6 Å². The molecule has 0 spiro atoms. The van der Waals surface area contributed by atoms with Crippen LogP contribution >= 0.6 is 11.8 Å². The molecule has 0 saturated heterocycles. The molecular weight excluding hydrogens is 328 g/mol. The van der Waals surface area contributed by atoms with Crippen molar-refractivity contribution in [1.29, 1.82) is 5.26 Å². The van der Waals surface area contributed by atoms with E-state index in [1.807, 2.05) is 54.8 Å². The van der Waals surface area contributed by atoms with E-state index in [4.69, 9.17) is 0 Å². The molecule has 5 heteroatoms. The van der Waals surface area contributed by atoms with E-state index in [2.05, 4.69) is 40.4 Å². The summed E-state index contributed by atoms with van der Waals surface area (Å²) in [5.41, 5.74) is 3.17. The Kier molecular flexibility index (Phi) is 5.32. The Labute approximate surface area is 152 Å². The highest BCUT2D eigenvalue weighted by Gasteiger charge is 2.17. The Morgan fingerprint density at radius 1 is 1.00 bits per heavy atom. The van der Waals surface area contributed by atoms with Gasteiger partial charge in [0.1, 0.15) is 17.5 Å². The number of hydrogen-bond acceptors (Lipinski definition) is 5. The lowest BCUT2D eigenvalue weighted by molar-refractivity contribution is 0.854. The monoisotopic (exact) mass is 346 g/mol. The second-order valence-electron chi connectivity index (χ2n) is 5.54. The maximum Gasteiger partial charge on any atom is 0.189 e. The molecule has 3 aromatic rings. The molecule has 124 valence electrons. The van der Waals surface area contributed by atoms with Gasteiger partial charge in [-0.25, -0.2) is 9.97 Å². The van der Waals surface area contributed by atoms with E-state index in [1.54, 1.807) is 0 Å². The number of aromatic nitrogens is 2. The molecule has 0 aliphatic rings. The number of anilines is 1. The Morgan fingerprint density at radius 2 is 1.64 bits per heavy atom. The van der Waals surface area contributed by atoms with Crippen molar-refractivity contribution in [3.05, 3.63) is 71.8 Å². The molecule has 2 aromatic carbocycles. The number of benzene rings is 2. The molecule has 25 heavy (non-hydrogen) atoms. The number of nitrogens with one attached hydrogen (secondary N) is 1. The minimum atomic E-state index is 0.0292. The van der Waals surface area contributed by atoms with Gasteiger partial charge in [0.2, 0.25) is 0 Å². The zero-order valence-corrected chi connectivity index (χ0v) is 14.9. The Bertz CT molecular complexity index is 889. The van der Waals surface area contributed by atoms with Gasteiger partial charge in [-0.2, -0.15) is 5.26 Å². The molecule has 0 radical (unpaired) electrons. The van der Waals surface area contributed by atoms with Crippen LogP contribution in [-0.4, -0.2) is 16.2 Å². The van der Waals surface area contributed by atoms with Crippen LogP contribution < -0.4 is 5.32 Å². The molecule has 0 saturated carbocycles. The maximum atomic E-state index is 9.73. The van der Waals surface area contributed by atoms with Gasteiger partial charge in [0.05, 0.1) is 5.69 Å². The molecule has 0 aliphatic heterocycles. The van der Waals surface area contributed by atoms with Gasteiger partial charge in [-0.05, 0) is 18.7 Å². The van der Waals surface area contributed by atoms with E-state index in [0.29, 0.717) is 22.2 Å². The topological polar surface area (TPSA) is 61.6 Å².